The van der Waals surface area contributed by atoms with Crippen molar-refractivity contribution in [1.82, 2.24) is 30.4 Å². The molecule has 42 heavy (non-hydrogen) atoms. The molecule has 0 aliphatic heterocycles. The van der Waals surface area contributed by atoms with Crippen LogP contribution in [0.4, 0.5) is 0 Å². The molecular weight excluding hydrogens is 536 g/mol. The molecule has 2 heterocycles. The molecule has 0 fully saturated rings. The Morgan fingerprint density at radius 3 is 2.24 bits per heavy atom. The number of esters is 1. The number of ether oxygens (including phenoxy) is 1. The Bertz CT molecular complexity index is 1310. The van der Waals surface area contributed by atoms with Gasteiger partial charge in [-0.1, -0.05) is 46.2 Å². The van der Waals surface area contributed by atoms with Crippen LogP contribution in [0.2, 0.25) is 0 Å². The number of nitrogens with one attached hydrogen (secondary N) is 2. The second kappa shape index (κ2) is 16.4. The molecule has 3 rings (SSSR count). The molecule has 2 amide bonds. The summed E-state index contributed by atoms with van der Waals surface area (Å²) in [5.41, 5.74) is 1.35. The maximum absolute atomic E-state index is 13.2. The second-order valence-electron chi connectivity index (χ2n) is 10.2. The number of aryl methyl sites for hydroxylation is 1. The molecule has 0 bridgehead atoms. The zero-order chi connectivity index (χ0) is 30.5. The van der Waals surface area contributed by atoms with Gasteiger partial charge in [0.1, 0.15) is 0 Å². The summed E-state index contributed by atoms with van der Waals surface area (Å²) in [6.45, 7) is 10.8. The zero-order valence-electron chi connectivity index (χ0n) is 25.4. The van der Waals surface area contributed by atoms with Crippen molar-refractivity contribution in [3.05, 3.63) is 42.0 Å². The maximum Gasteiger partial charge on any atom is 0.305 e. The molecule has 228 valence electrons. The molecule has 2 aromatic heterocycles. The Balaban J connectivity index is 1.80. The monoisotopic (exact) mass is 580 g/mol. The predicted octanol–water partition coefficient (Wildman–Crippen LogP) is 5.56. The van der Waals surface area contributed by atoms with E-state index in [1.165, 1.54) is 6.20 Å². The fourth-order valence-electron chi connectivity index (χ4n) is 4.53. The van der Waals surface area contributed by atoms with Crippen LogP contribution in [0.25, 0.3) is 22.8 Å². The van der Waals surface area contributed by atoms with Crippen molar-refractivity contribution in [3.63, 3.8) is 0 Å². The van der Waals surface area contributed by atoms with Crippen LogP contribution in [-0.2, 0) is 16.1 Å². The van der Waals surface area contributed by atoms with Crippen molar-refractivity contribution in [2.75, 3.05) is 6.61 Å². The summed E-state index contributed by atoms with van der Waals surface area (Å²) in [5, 5.41) is 10.7. The molecule has 0 saturated carbocycles. The maximum atomic E-state index is 13.2. The third-order valence-electron chi connectivity index (χ3n) is 7.17. The Kier molecular flexibility index (Phi) is 12.7. The van der Waals surface area contributed by atoms with E-state index in [-0.39, 0.29) is 41.5 Å². The van der Waals surface area contributed by atoms with Crippen molar-refractivity contribution in [2.45, 2.75) is 105 Å². The van der Waals surface area contributed by atoms with E-state index in [1.54, 1.807) is 11.6 Å². The van der Waals surface area contributed by atoms with Crippen molar-refractivity contribution < 1.29 is 23.5 Å². The first-order chi connectivity index (χ1) is 20.3. The number of benzene rings is 1. The average molecular weight is 581 g/mol. The third-order valence-corrected chi connectivity index (χ3v) is 7.17. The van der Waals surface area contributed by atoms with E-state index in [9.17, 15) is 14.4 Å². The van der Waals surface area contributed by atoms with Crippen LogP contribution in [0.15, 0.2) is 34.9 Å². The Labute approximate surface area is 247 Å². The molecule has 0 unspecified atom stereocenters. The van der Waals surface area contributed by atoms with Gasteiger partial charge < -0.3 is 19.8 Å². The van der Waals surface area contributed by atoms with Gasteiger partial charge in [0.05, 0.1) is 12.8 Å². The predicted molar refractivity (Wildman–Crippen MR) is 160 cm³/mol. The van der Waals surface area contributed by atoms with Crippen molar-refractivity contribution >= 4 is 17.8 Å². The Morgan fingerprint density at radius 1 is 0.905 bits per heavy atom. The number of carbonyl (C=O) groups excluding carboxylic acids is 3. The first kappa shape index (κ1) is 32.5. The number of hydrogen-bond donors (Lipinski definition) is 2. The third kappa shape index (κ3) is 8.99. The molecule has 11 nitrogen and oxygen atoms in total. The molecule has 0 atom stereocenters. The molecule has 0 spiro atoms. The number of aromatic nitrogens is 4. The van der Waals surface area contributed by atoms with Crippen LogP contribution < -0.4 is 10.6 Å². The van der Waals surface area contributed by atoms with Crippen molar-refractivity contribution in [1.29, 1.82) is 0 Å². The summed E-state index contributed by atoms with van der Waals surface area (Å²) in [6, 6.07) is 7.47. The fraction of sp³-hybridized carbons (Fsp3) is 0.548. The van der Waals surface area contributed by atoms with Crippen LogP contribution in [0.1, 0.15) is 107 Å². The molecule has 0 saturated heterocycles. The summed E-state index contributed by atoms with van der Waals surface area (Å²) in [5.74, 6) is 0.323. The molecule has 11 heteroatoms. The average Bonchev–Trinajstić information content (AvgIpc) is 3.67. The van der Waals surface area contributed by atoms with Gasteiger partial charge in [0.15, 0.2) is 5.82 Å². The smallest absolute Gasteiger partial charge is 0.305 e. The lowest BCUT2D eigenvalue weighted by Crippen LogP contribution is -2.35. The summed E-state index contributed by atoms with van der Waals surface area (Å²) in [7, 11) is 0. The van der Waals surface area contributed by atoms with Gasteiger partial charge in [0, 0.05) is 36.2 Å². The number of hydrogen-bond acceptors (Lipinski definition) is 8. The van der Waals surface area contributed by atoms with E-state index in [0.29, 0.717) is 48.8 Å². The topological polar surface area (TPSA) is 141 Å². The quantitative estimate of drug-likeness (QED) is 0.156. The van der Waals surface area contributed by atoms with E-state index in [2.05, 4.69) is 25.7 Å². The van der Waals surface area contributed by atoms with Crippen LogP contribution in [0, 0.1) is 0 Å². The van der Waals surface area contributed by atoms with Crippen molar-refractivity contribution in [3.8, 4) is 22.8 Å². The normalized spacial score (nSPS) is 11.2. The highest BCUT2D eigenvalue weighted by Gasteiger charge is 2.21. The van der Waals surface area contributed by atoms with Gasteiger partial charge in [-0.3, -0.25) is 14.4 Å². The van der Waals surface area contributed by atoms with Crippen LogP contribution in [0.5, 0.6) is 0 Å². The van der Waals surface area contributed by atoms with Crippen molar-refractivity contribution in [2.24, 2.45) is 0 Å². The number of nitrogens with zero attached hydrogens (tertiary/aromatic N) is 4. The molecule has 1 aromatic carbocycles. The lowest BCUT2D eigenvalue weighted by atomic mass is 10.1. The summed E-state index contributed by atoms with van der Waals surface area (Å²) >= 11 is 0. The van der Waals surface area contributed by atoms with E-state index in [4.69, 9.17) is 9.15 Å². The molecule has 0 aliphatic rings. The van der Waals surface area contributed by atoms with Gasteiger partial charge in [0.25, 0.3) is 11.8 Å². The lowest BCUT2D eigenvalue weighted by molar-refractivity contribution is -0.143. The largest absolute Gasteiger partial charge is 0.466 e. The minimum Gasteiger partial charge on any atom is -0.466 e. The van der Waals surface area contributed by atoms with Crippen LogP contribution in [-0.4, -0.2) is 56.2 Å². The van der Waals surface area contributed by atoms with Gasteiger partial charge in [-0.15, -0.1) is 0 Å². The Morgan fingerprint density at radius 2 is 1.57 bits per heavy atom. The molecule has 0 radical (unpaired) electrons. The van der Waals surface area contributed by atoms with E-state index < -0.39 is 0 Å². The minimum absolute atomic E-state index is 0.0420. The van der Waals surface area contributed by atoms with Gasteiger partial charge >= 0.3 is 5.97 Å². The highest BCUT2D eigenvalue weighted by atomic mass is 16.5. The second-order valence-corrected chi connectivity index (χ2v) is 10.2. The van der Waals surface area contributed by atoms with Gasteiger partial charge in [0.2, 0.25) is 17.5 Å². The molecule has 0 aliphatic carbocycles. The van der Waals surface area contributed by atoms with Gasteiger partial charge in [-0.05, 0) is 57.6 Å². The number of rotatable bonds is 17. The summed E-state index contributed by atoms with van der Waals surface area (Å²) in [6.07, 6.45) is 7.29. The zero-order valence-corrected chi connectivity index (χ0v) is 25.4. The number of carbonyl (C=O) groups is 3. The molecular formula is C31H44N6O5. The minimum atomic E-state index is -0.297. The number of oxazole rings is 1. The van der Waals surface area contributed by atoms with Gasteiger partial charge in [-0.25, -0.2) is 14.6 Å². The highest BCUT2D eigenvalue weighted by Crippen LogP contribution is 2.25. The number of amides is 2. The summed E-state index contributed by atoms with van der Waals surface area (Å²) in [4.78, 5) is 46.4. The first-order valence-corrected chi connectivity index (χ1v) is 15.1. The SMILES string of the molecule is CCOC(=O)CCCCCn1nc(-c2cccc(-c3ncc(C(=O)NC(CC)CC)o3)c2)nc1C(=O)NC(CC)CC. The number of unbranched alkanes of at least 4 members (excludes halogenated alkanes) is 2. The molecule has 3 aromatic rings. The lowest BCUT2D eigenvalue weighted by Gasteiger charge is -2.14. The standard InChI is InChI=1S/C31H44N6O5/c1-6-23(7-2)33-29(39)25-20-32-31(42-25)22-16-14-15-21(19-22)27-35-28(30(40)34-24(8-3)9-4)37(36-27)18-13-11-12-17-26(38)41-10-5/h14-16,19-20,23-24H,6-13,17-18H2,1-5H3,(H,33,39)(H,34,40). The fourth-order valence-corrected chi connectivity index (χ4v) is 4.53. The van der Waals surface area contributed by atoms with E-state index >= 15 is 0 Å². The summed E-state index contributed by atoms with van der Waals surface area (Å²) < 4.78 is 12.4. The van der Waals surface area contributed by atoms with E-state index in [0.717, 1.165) is 38.5 Å². The Hall–Kier alpha value is -4.02. The van der Waals surface area contributed by atoms with Gasteiger partial charge in [-0.2, -0.15) is 5.10 Å². The molecule has 2 N–H and O–H groups in total. The highest BCUT2D eigenvalue weighted by molar-refractivity contribution is 5.92. The van der Waals surface area contributed by atoms with Crippen LogP contribution >= 0.6 is 0 Å². The van der Waals surface area contributed by atoms with E-state index in [1.807, 2.05) is 52.0 Å². The first-order valence-electron chi connectivity index (χ1n) is 15.1. The van der Waals surface area contributed by atoms with Crippen LogP contribution in [0.3, 0.4) is 0 Å².